The van der Waals surface area contributed by atoms with Crippen molar-refractivity contribution in [1.29, 1.82) is 0 Å². The lowest BCUT2D eigenvalue weighted by molar-refractivity contribution is 0.0714. The van der Waals surface area contributed by atoms with Crippen LogP contribution < -0.4 is 14.9 Å². The van der Waals surface area contributed by atoms with Gasteiger partial charge in [-0.05, 0) is 68.1 Å². The van der Waals surface area contributed by atoms with E-state index >= 15 is 0 Å². The number of fused-ring (bicyclic) bond motifs is 2. The van der Waals surface area contributed by atoms with Crippen molar-refractivity contribution in [2.45, 2.75) is 40.3 Å². The first kappa shape index (κ1) is 23.7. The predicted molar refractivity (Wildman–Crippen MR) is 139 cm³/mol. The third-order valence-electron chi connectivity index (χ3n) is 6.49. The summed E-state index contributed by atoms with van der Waals surface area (Å²) in [6, 6.07) is 18.5. The molecular formula is C30H29NO5. The van der Waals surface area contributed by atoms with E-state index in [1.54, 1.807) is 4.90 Å². The van der Waals surface area contributed by atoms with E-state index in [9.17, 15) is 9.59 Å². The van der Waals surface area contributed by atoms with Crippen LogP contribution >= 0.6 is 0 Å². The van der Waals surface area contributed by atoms with Gasteiger partial charge in [0.1, 0.15) is 5.58 Å². The smallest absolute Gasteiger partial charge is 0.291 e. The summed E-state index contributed by atoms with van der Waals surface area (Å²) < 4.78 is 17.8. The molecular weight excluding hydrogens is 454 g/mol. The number of amides is 1. The van der Waals surface area contributed by atoms with Crippen LogP contribution in [0.2, 0.25) is 0 Å². The first-order valence-electron chi connectivity index (χ1n) is 12.2. The van der Waals surface area contributed by atoms with Crippen LogP contribution in [0, 0.1) is 13.8 Å². The van der Waals surface area contributed by atoms with E-state index in [0.29, 0.717) is 47.8 Å². The van der Waals surface area contributed by atoms with Crippen molar-refractivity contribution in [3.05, 3.63) is 104 Å². The molecule has 0 spiro atoms. The predicted octanol–water partition coefficient (Wildman–Crippen LogP) is 5.95. The number of carbonyl (C=O) groups is 1. The van der Waals surface area contributed by atoms with E-state index < -0.39 is 6.04 Å². The number of rotatable bonds is 7. The summed E-state index contributed by atoms with van der Waals surface area (Å²) >= 11 is 0. The lowest BCUT2D eigenvalue weighted by Crippen LogP contribution is -2.29. The second-order valence-electron chi connectivity index (χ2n) is 9.02. The van der Waals surface area contributed by atoms with Gasteiger partial charge in [0.25, 0.3) is 5.91 Å². The van der Waals surface area contributed by atoms with Crippen molar-refractivity contribution in [2.75, 3.05) is 13.2 Å². The van der Waals surface area contributed by atoms with E-state index in [0.717, 1.165) is 22.3 Å². The Morgan fingerprint density at radius 1 is 0.889 bits per heavy atom. The number of ether oxygens (including phenoxy) is 2. The normalized spacial score (nSPS) is 14.8. The van der Waals surface area contributed by atoms with Crippen molar-refractivity contribution in [2.24, 2.45) is 0 Å². The number of hydrogen-bond acceptors (Lipinski definition) is 5. The maximum absolute atomic E-state index is 14.0. The fourth-order valence-electron chi connectivity index (χ4n) is 5.04. The molecule has 0 aliphatic carbocycles. The van der Waals surface area contributed by atoms with Crippen LogP contribution in [0.3, 0.4) is 0 Å². The number of benzene rings is 3. The molecule has 0 fully saturated rings. The molecule has 1 aliphatic heterocycles. The summed E-state index contributed by atoms with van der Waals surface area (Å²) in [7, 11) is 0. The van der Waals surface area contributed by atoms with Crippen molar-refractivity contribution >= 4 is 16.9 Å². The number of aryl methyl sites for hydroxylation is 2. The number of nitrogens with zero attached hydrogens (tertiary/aromatic N) is 1. The van der Waals surface area contributed by atoms with Crippen molar-refractivity contribution in [3.8, 4) is 11.5 Å². The first-order valence-corrected chi connectivity index (χ1v) is 12.2. The summed E-state index contributed by atoms with van der Waals surface area (Å²) in [5.74, 6) is 1.00. The Bertz CT molecular complexity index is 1510. The van der Waals surface area contributed by atoms with Crippen LogP contribution in [0.1, 0.15) is 58.3 Å². The highest BCUT2D eigenvalue weighted by Crippen LogP contribution is 2.42. The molecule has 184 valence electrons. The molecule has 6 heteroatoms. The summed E-state index contributed by atoms with van der Waals surface area (Å²) in [5, 5.41) is 0.509. The molecule has 1 amide bonds. The van der Waals surface area contributed by atoms with Crippen LogP contribution in [0.5, 0.6) is 11.5 Å². The zero-order valence-electron chi connectivity index (χ0n) is 21.0. The van der Waals surface area contributed by atoms with Crippen molar-refractivity contribution in [3.63, 3.8) is 0 Å². The third kappa shape index (κ3) is 4.02. The van der Waals surface area contributed by atoms with Gasteiger partial charge in [-0.15, -0.1) is 0 Å². The molecule has 36 heavy (non-hydrogen) atoms. The minimum absolute atomic E-state index is 0.102. The lowest BCUT2D eigenvalue weighted by Gasteiger charge is -2.26. The van der Waals surface area contributed by atoms with Gasteiger partial charge in [0.05, 0.1) is 30.2 Å². The quantitative estimate of drug-likeness (QED) is 0.325. The molecule has 1 aromatic heterocycles. The van der Waals surface area contributed by atoms with Crippen LogP contribution in [0.25, 0.3) is 11.0 Å². The molecule has 0 saturated heterocycles. The topological polar surface area (TPSA) is 69.0 Å². The molecule has 0 saturated carbocycles. The van der Waals surface area contributed by atoms with E-state index in [2.05, 4.69) is 0 Å². The highest BCUT2D eigenvalue weighted by Gasteiger charge is 2.43. The maximum atomic E-state index is 14.0. The Morgan fingerprint density at radius 3 is 2.33 bits per heavy atom. The van der Waals surface area contributed by atoms with Gasteiger partial charge in [0, 0.05) is 6.54 Å². The SMILES string of the molecule is CCOc1ccc(C2c3c(oc4cc(C)cc(C)c4c3=O)C(=O)N2Cc2ccccc2)cc1OCC. The molecule has 6 nitrogen and oxygen atoms in total. The summed E-state index contributed by atoms with van der Waals surface area (Å²) in [6.45, 7) is 8.96. The molecule has 1 aliphatic rings. The summed E-state index contributed by atoms with van der Waals surface area (Å²) in [5.41, 5.74) is 4.15. The van der Waals surface area contributed by atoms with E-state index in [1.165, 1.54) is 0 Å². The Morgan fingerprint density at radius 2 is 1.61 bits per heavy atom. The van der Waals surface area contributed by atoms with Gasteiger partial charge in [-0.2, -0.15) is 0 Å². The largest absolute Gasteiger partial charge is 0.490 e. The van der Waals surface area contributed by atoms with E-state index in [4.69, 9.17) is 13.9 Å². The zero-order valence-corrected chi connectivity index (χ0v) is 21.0. The molecule has 0 bridgehead atoms. The average Bonchev–Trinajstić information content (AvgIpc) is 3.12. The Labute approximate surface area is 210 Å². The van der Waals surface area contributed by atoms with Crippen LogP contribution in [0.4, 0.5) is 0 Å². The Kier molecular flexibility index (Phi) is 6.27. The molecule has 0 N–H and O–H groups in total. The van der Waals surface area contributed by atoms with Crippen molar-refractivity contribution in [1.82, 2.24) is 4.90 Å². The number of carbonyl (C=O) groups excluding carboxylic acids is 1. The molecule has 3 aromatic carbocycles. The van der Waals surface area contributed by atoms with Crippen LogP contribution in [0.15, 0.2) is 69.9 Å². The monoisotopic (exact) mass is 483 g/mol. The highest BCUT2D eigenvalue weighted by molar-refractivity contribution is 5.99. The molecule has 2 heterocycles. The maximum Gasteiger partial charge on any atom is 0.291 e. The lowest BCUT2D eigenvalue weighted by atomic mass is 9.96. The zero-order chi connectivity index (χ0) is 25.4. The van der Waals surface area contributed by atoms with Crippen LogP contribution in [-0.2, 0) is 6.54 Å². The van der Waals surface area contributed by atoms with E-state index in [-0.39, 0.29) is 17.1 Å². The van der Waals surface area contributed by atoms with Crippen molar-refractivity contribution < 1.29 is 18.7 Å². The molecule has 0 radical (unpaired) electrons. The fraction of sp³-hybridized carbons (Fsp3) is 0.267. The Hall–Kier alpha value is -4.06. The highest BCUT2D eigenvalue weighted by atomic mass is 16.5. The summed E-state index contributed by atoms with van der Waals surface area (Å²) in [4.78, 5) is 29.4. The van der Waals surface area contributed by atoms with Gasteiger partial charge in [-0.25, -0.2) is 0 Å². The third-order valence-corrected chi connectivity index (χ3v) is 6.49. The Balaban J connectivity index is 1.74. The van der Waals surface area contributed by atoms with Gasteiger partial charge < -0.3 is 18.8 Å². The van der Waals surface area contributed by atoms with Gasteiger partial charge in [-0.3, -0.25) is 9.59 Å². The van der Waals surface area contributed by atoms with E-state index in [1.807, 2.05) is 88.4 Å². The van der Waals surface area contributed by atoms with Gasteiger partial charge in [0.15, 0.2) is 16.9 Å². The second-order valence-corrected chi connectivity index (χ2v) is 9.02. The molecule has 1 unspecified atom stereocenters. The molecule has 4 aromatic rings. The second kappa shape index (κ2) is 9.53. The van der Waals surface area contributed by atoms with Gasteiger partial charge in [-0.1, -0.05) is 42.5 Å². The fourth-order valence-corrected chi connectivity index (χ4v) is 5.04. The van der Waals surface area contributed by atoms with Crippen LogP contribution in [-0.4, -0.2) is 24.0 Å². The molecule has 5 rings (SSSR count). The summed E-state index contributed by atoms with van der Waals surface area (Å²) in [6.07, 6.45) is 0. The van der Waals surface area contributed by atoms with Gasteiger partial charge >= 0.3 is 0 Å². The average molecular weight is 484 g/mol. The number of hydrogen-bond donors (Lipinski definition) is 0. The van der Waals surface area contributed by atoms with Gasteiger partial charge in [0.2, 0.25) is 5.76 Å². The standard InChI is InChI=1S/C30H29NO5/c1-5-34-22-13-12-21(16-23(22)35-6-2)27-26-28(32)25-19(4)14-18(3)15-24(25)36-29(26)30(33)31(27)17-20-10-8-7-9-11-20/h7-16,27H,5-6,17H2,1-4H3. The minimum atomic E-state index is -0.621. The minimum Gasteiger partial charge on any atom is -0.490 e. The first-order chi connectivity index (χ1) is 17.4. The molecule has 1 atom stereocenters.